The van der Waals surface area contributed by atoms with Crippen LogP contribution in [0.1, 0.15) is 22.8 Å². The van der Waals surface area contributed by atoms with Crippen molar-refractivity contribution in [2.45, 2.75) is 6.92 Å². The Morgan fingerprint density at radius 2 is 1.70 bits per heavy atom. The van der Waals surface area contributed by atoms with Crippen LogP contribution >= 0.6 is 0 Å². The average Bonchev–Trinajstić information content (AvgIpc) is 2.98. The number of nitrogens with zero attached hydrogens (tertiary/aromatic N) is 4. The van der Waals surface area contributed by atoms with Crippen molar-refractivity contribution in [3.05, 3.63) is 129 Å². The molecule has 40 heavy (non-hydrogen) atoms. The van der Waals surface area contributed by atoms with Gasteiger partial charge in [-0.1, -0.05) is 30.3 Å². The van der Waals surface area contributed by atoms with Gasteiger partial charge >= 0.3 is 5.97 Å². The van der Waals surface area contributed by atoms with Gasteiger partial charge in [0.15, 0.2) is 17.3 Å². The van der Waals surface area contributed by atoms with Crippen LogP contribution < -0.4 is 15.0 Å². The second-order valence-electron chi connectivity index (χ2n) is 8.51. The van der Waals surface area contributed by atoms with Crippen molar-refractivity contribution in [2.75, 3.05) is 6.61 Å². The van der Waals surface area contributed by atoms with Crippen molar-refractivity contribution in [1.82, 2.24) is 9.66 Å². The first-order valence-corrected chi connectivity index (χ1v) is 12.3. The lowest BCUT2D eigenvalue weighted by atomic mass is 10.1. The van der Waals surface area contributed by atoms with Crippen LogP contribution in [0.25, 0.3) is 22.3 Å². The van der Waals surface area contributed by atoms with Gasteiger partial charge in [0.2, 0.25) is 0 Å². The molecule has 0 N–H and O–H groups in total. The van der Waals surface area contributed by atoms with Crippen molar-refractivity contribution >= 4 is 28.8 Å². The number of nitro groups is 1. The van der Waals surface area contributed by atoms with E-state index in [1.54, 1.807) is 79.7 Å². The molecule has 0 amide bonds. The SMILES string of the molecule is CCOc1cc(C=Nn2c(-c3ccc([N+](=O)[O-])cc3)nc3ccccc3c2=O)ccc1OC(=O)c1ccccc1. The summed E-state index contributed by atoms with van der Waals surface area (Å²) < 4.78 is 12.4. The van der Waals surface area contributed by atoms with E-state index in [0.29, 0.717) is 39.9 Å². The highest BCUT2D eigenvalue weighted by Crippen LogP contribution is 2.29. The Bertz CT molecular complexity index is 1800. The quantitative estimate of drug-likeness (QED) is 0.0849. The number of hydrogen-bond acceptors (Lipinski definition) is 8. The molecule has 0 aliphatic heterocycles. The van der Waals surface area contributed by atoms with Gasteiger partial charge in [0.05, 0.1) is 34.2 Å². The Hall–Kier alpha value is -5.64. The number of rotatable bonds is 8. The standard InChI is InChI=1S/C30H22N4O6/c1-2-39-27-18-20(12-17-26(27)40-30(36)22-8-4-3-5-9-22)19-31-33-28(21-13-15-23(16-14-21)34(37)38)32-25-11-7-6-10-24(25)29(33)35/h3-19H,2H2,1H3. The molecule has 4 aromatic carbocycles. The minimum atomic E-state index is -0.524. The highest BCUT2D eigenvalue weighted by molar-refractivity contribution is 5.91. The van der Waals surface area contributed by atoms with Gasteiger partial charge in [0.25, 0.3) is 11.2 Å². The maximum absolute atomic E-state index is 13.4. The smallest absolute Gasteiger partial charge is 0.343 e. The van der Waals surface area contributed by atoms with Gasteiger partial charge < -0.3 is 9.47 Å². The van der Waals surface area contributed by atoms with Gasteiger partial charge in [-0.25, -0.2) is 9.78 Å². The van der Waals surface area contributed by atoms with Crippen LogP contribution in [0, 0.1) is 10.1 Å². The molecule has 198 valence electrons. The van der Waals surface area contributed by atoms with Gasteiger partial charge in [-0.2, -0.15) is 9.78 Å². The van der Waals surface area contributed by atoms with Crippen LogP contribution in [-0.2, 0) is 0 Å². The van der Waals surface area contributed by atoms with Crippen LogP contribution in [-0.4, -0.2) is 33.4 Å². The first kappa shape index (κ1) is 26.0. The van der Waals surface area contributed by atoms with Crippen molar-refractivity contribution in [3.63, 3.8) is 0 Å². The second kappa shape index (κ2) is 11.4. The zero-order valence-electron chi connectivity index (χ0n) is 21.3. The zero-order chi connectivity index (χ0) is 28.1. The first-order valence-electron chi connectivity index (χ1n) is 12.3. The molecular weight excluding hydrogens is 512 g/mol. The first-order chi connectivity index (χ1) is 19.4. The Balaban J connectivity index is 1.53. The molecule has 0 aliphatic rings. The van der Waals surface area contributed by atoms with Crippen LogP contribution in [0.3, 0.4) is 0 Å². The number of hydrogen-bond donors (Lipinski definition) is 0. The number of carbonyl (C=O) groups is 1. The predicted molar refractivity (Wildman–Crippen MR) is 150 cm³/mol. The molecule has 5 aromatic rings. The number of ether oxygens (including phenoxy) is 2. The number of aromatic nitrogens is 2. The highest BCUT2D eigenvalue weighted by atomic mass is 16.6. The molecule has 0 bridgehead atoms. The van der Waals surface area contributed by atoms with E-state index in [4.69, 9.17) is 9.47 Å². The number of nitro benzene ring substituents is 1. The largest absolute Gasteiger partial charge is 0.490 e. The Morgan fingerprint density at radius 3 is 2.42 bits per heavy atom. The predicted octanol–water partition coefficient (Wildman–Crippen LogP) is 5.47. The number of carbonyl (C=O) groups excluding carboxylic acids is 1. The maximum atomic E-state index is 13.4. The van der Waals surface area contributed by atoms with Crippen molar-refractivity contribution in [1.29, 1.82) is 0 Å². The molecule has 1 heterocycles. The van der Waals surface area contributed by atoms with Gasteiger partial charge in [0.1, 0.15) is 0 Å². The zero-order valence-corrected chi connectivity index (χ0v) is 21.3. The summed E-state index contributed by atoms with van der Waals surface area (Å²) in [6.45, 7) is 2.13. The van der Waals surface area contributed by atoms with Crippen LogP contribution in [0.15, 0.2) is 107 Å². The van der Waals surface area contributed by atoms with Gasteiger partial charge in [0, 0.05) is 17.7 Å². The summed E-state index contributed by atoms with van der Waals surface area (Å²) in [4.78, 5) is 41.2. The van der Waals surface area contributed by atoms with E-state index in [1.807, 2.05) is 0 Å². The third kappa shape index (κ3) is 5.46. The summed E-state index contributed by atoms with van der Waals surface area (Å²) in [5.41, 5.74) is 1.42. The van der Waals surface area contributed by atoms with Gasteiger partial charge in [-0.05, 0) is 67.1 Å². The van der Waals surface area contributed by atoms with E-state index in [-0.39, 0.29) is 17.3 Å². The molecule has 1 aromatic heterocycles. The molecule has 0 atom stereocenters. The van der Waals surface area contributed by atoms with E-state index < -0.39 is 16.5 Å². The summed E-state index contributed by atoms with van der Waals surface area (Å²) in [7, 11) is 0. The summed E-state index contributed by atoms with van der Waals surface area (Å²) in [6.07, 6.45) is 1.46. The third-order valence-corrected chi connectivity index (χ3v) is 5.89. The topological polar surface area (TPSA) is 126 Å². The summed E-state index contributed by atoms with van der Waals surface area (Å²) in [6, 6.07) is 26.1. The van der Waals surface area contributed by atoms with Crippen molar-refractivity contribution in [2.24, 2.45) is 5.10 Å². The van der Waals surface area contributed by atoms with Crippen molar-refractivity contribution in [3.8, 4) is 22.9 Å². The highest BCUT2D eigenvalue weighted by Gasteiger charge is 2.15. The number of esters is 1. The van der Waals surface area contributed by atoms with Crippen molar-refractivity contribution < 1.29 is 19.2 Å². The lowest BCUT2D eigenvalue weighted by molar-refractivity contribution is -0.384. The van der Waals surface area contributed by atoms with Crippen LogP contribution in [0.5, 0.6) is 11.5 Å². The second-order valence-corrected chi connectivity index (χ2v) is 8.51. The molecule has 0 saturated heterocycles. The van der Waals surface area contributed by atoms with Crippen LogP contribution in [0.4, 0.5) is 5.69 Å². The summed E-state index contributed by atoms with van der Waals surface area (Å²) in [5.74, 6) is 0.261. The molecule has 0 saturated carbocycles. The van der Waals surface area contributed by atoms with E-state index in [1.165, 1.54) is 30.5 Å². The van der Waals surface area contributed by atoms with E-state index >= 15 is 0 Å². The van der Waals surface area contributed by atoms with E-state index in [0.717, 1.165) is 4.68 Å². The average molecular weight is 535 g/mol. The minimum absolute atomic E-state index is 0.0848. The number of benzene rings is 4. The Morgan fingerprint density at radius 1 is 0.975 bits per heavy atom. The fraction of sp³-hybridized carbons (Fsp3) is 0.0667. The third-order valence-electron chi connectivity index (χ3n) is 5.89. The normalized spacial score (nSPS) is 11.0. The van der Waals surface area contributed by atoms with Crippen LogP contribution in [0.2, 0.25) is 0 Å². The molecule has 5 rings (SSSR count). The number of non-ortho nitro benzene ring substituents is 1. The molecule has 0 unspecified atom stereocenters. The summed E-state index contributed by atoms with van der Waals surface area (Å²) in [5, 5.41) is 15.9. The molecule has 0 radical (unpaired) electrons. The number of para-hydroxylation sites is 1. The number of fused-ring (bicyclic) bond motifs is 1. The Labute approximate surface area is 227 Å². The van der Waals surface area contributed by atoms with E-state index in [2.05, 4.69) is 10.1 Å². The van der Waals surface area contributed by atoms with E-state index in [9.17, 15) is 19.7 Å². The maximum Gasteiger partial charge on any atom is 0.343 e. The minimum Gasteiger partial charge on any atom is -0.490 e. The molecule has 0 fully saturated rings. The molecule has 0 spiro atoms. The molecule has 10 heteroatoms. The molecular formula is C30H22N4O6. The molecule has 0 aliphatic carbocycles. The lowest BCUT2D eigenvalue weighted by Gasteiger charge is -2.12. The summed E-state index contributed by atoms with van der Waals surface area (Å²) >= 11 is 0. The van der Waals surface area contributed by atoms with Gasteiger partial charge in [-0.15, -0.1) is 0 Å². The lowest BCUT2D eigenvalue weighted by Crippen LogP contribution is -2.20. The Kier molecular flexibility index (Phi) is 7.41. The fourth-order valence-electron chi connectivity index (χ4n) is 3.96. The fourth-order valence-corrected chi connectivity index (χ4v) is 3.96. The molecule has 10 nitrogen and oxygen atoms in total. The monoisotopic (exact) mass is 534 g/mol. The van der Waals surface area contributed by atoms with Gasteiger partial charge in [-0.3, -0.25) is 14.9 Å².